The molecule has 2 rings (SSSR count). The van der Waals surface area contributed by atoms with Gasteiger partial charge in [-0.05, 0) is 49.4 Å². The number of phenols is 1. The van der Waals surface area contributed by atoms with Gasteiger partial charge in [-0.2, -0.15) is 5.10 Å². The van der Waals surface area contributed by atoms with Crippen molar-refractivity contribution in [1.29, 1.82) is 0 Å². The van der Waals surface area contributed by atoms with Crippen molar-refractivity contribution >= 4 is 46.4 Å². The van der Waals surface area contributed by atoms with E-state index in [1.54, 1.807) is 19.1 Å². The molecule has 0 saturated heterocycles. The highest BCUT2D eigenvalue weighted by Gasteiger charge is 2.09. The highest BCUT2D eigenvalue weighted by atomic mass is 35.5. The lowest BCUT2D eigenvalue weighted by Crippen LogP contribution is -2.21. The maximum Gasteiger partial charge on any atom is 0.271 e. The van der Waals surface area contributed by atoms with Crippen LogP contribution in [0.3, 0.4) is 0 Å². The van der Waals surface area contributed by atoms with Crippen molar-refractivity contribution in [3.8, 4) is 5.75 Å². The average Bonchev–Trinajstić information content (AvgIpc) is 2.56. The lowest BCUT2D eigenvalue weighted by molar-refractivity contribution is -0.115. The van der Waals surface area contributed by atoms with Gasteiger partial charge < -0.3 is 10.4 Å². The molecule has 0 heterocycles. The topological polar surface area (TPSA) is 90.8 Å². The summed E-state index contributed by atoms with van der Waals surface area (Å²) < 4.78 is 0. The van der Waals surface area contributed by atoms with Crippen molar-refractivity contribution in [2.75, 3.05) is 5.32 Å². The molecule has 0 aliphatic heterocycles. The van der Waals surface area contributed by atoms with Crippen LogP contribution >= 0.6 is 23.2 Å². The third-order valence-electron chi connectivity index (χ3n) is 3.10. The standard InChI is InChI=1S/C17H15Cl2N3O3/c1-10(21-22-17(25)11-2-5-13(23)6-3-11)8-16(24)20-15-7-4-12(18)9-14(15)19/h2-7,9,23H,8H2,1H3,(H,20,24)(H,22,25)/b21-10+. The third kappa shape index (κ3) is 5.77. The number of phenolic OH excluding ortho intramolecular Hbond substituents is 1. The van der Waals surface area contributed by atoms with E-state index < -0.39 is 5.91 Å². The predicted octanol–water partition coefficient (Wildman–Crippen LogP) is 3.83. The van der Waals surface area contributed by atoms with E-state index in [0.29, 0.717) is 27.0 Å². The van der Waals surface area contributed by atoms with Crippen molar-refractivity contribution in [3.63, 3.8) is 0 Å². The molecule has 2 aromatic rings. The molecule has 0 spiro atoms. The normalized spacial score (nSPS) is 11.1. The molecule has 0 atom stereocenters. The lowest BCUT2D eigenvalue weighted by Gasteiger charge is -2.07. The van der Waals surface area contributed by atoms with Crippen molar-refractivity contribution in [3.05, 3.63) is 58.1 Å². The second kappa shape index (κ2) is 8.50. The fourth-order valence-electron chi connectivity index (χ4n) is 1.88. The average molecular weight is 380 g/mol. The van der Waals surface area contributed by atoms with E-state index in [9.17, 15) is 14.7 Å². The van der Waals surface area contributed by atoms with Crippen LogP contribution in [0.25, 0.3) is 0 Å². The molecule has 0 aliphatic carbocycles. The molecule has 0 bridgehead atoms. The Hall–Kier alpha value is -2.57. The number of halogens is 2. The second-order valence-electron chi connectivity index (χ2n) is 5.18. The summed E-state index contributed by atoms with van der Waals surface area (Å²) in [5.41, 5.74) is 3.54. The molecular formula is C17H15Cl2N3O3. The SMILES string of the molecule is C/C(CC(=O)Nc1ccc(Cl)cc1Cl)=N\NC(=O)c1ccc(O)cc1. The molecule has 0 radical (unpaired) electrons. The summed E-state index contributed by atoms with van der Waals surface area (Å²) in [6.07, 6.45) is -0.0190. The zero-order chi connectivity index (χ0) is 18.4. The number of carbonyl (C=O) groups is 2. The first-order valence-electron chi connectivity index (χ1n) is 7.22. The van der Waals surface area contributed by atoms with E-state index in [1.807, 2.05) is 0 Å². The molecule has 0 aliphatic rings. The van der Waals surface area contributed by atoms with Crippen LogP contribution in [0.2, 0.25) is 10.0 Å². The number of hydrazone groups is 1. The number of benzene rings is 2. The fraction of sp³-hybridized carbons (Fsp3) is 0.118. The van der Waals surface area contributed by atoms with Crippen molar-refractivity contribution in [2.45, 2.75) is 13.3 Å². The monoisotopic (exact) mass is 379 g/mol. The Morgan fingerprint density at radius 2 is 1.80 bits per heavy atom. The zero-order valence-electron chi connectivity index (χ0n) is 13.2. The second-order valence-corrected chi connectivity index (χ2v) is 6.03. The van der Waals surface area contributed by atoms with Crippen LogP contribution in [0, 0.1) is 0 Å². The molecule has 3 N–H and O–H groups in total. The number of nitrogens with one attached hydrogen (secondary N) is 2. The molecule has 130 valence electrons. The first-order chi connectivity index (χ1) is 11.8. The number of anilines is 1. The Morgan fingerprint density at radius 1 is 1.12 bits per heavy atom. The first kappa shape index (κ1) is 18.8. The number of hydrogen-bond acceptors (Lipinski definition) is 4. The molecular weight excluding hydrogens is 365 g/mol. The molecule has 25 heavy (non-hydrogen) atoms. The molecule has 0 saturated carbocycles. The van der Waals surface area contributed by atoms with Gasteiger partial charge in [-0.25, -0.2) is 5.43 Å². The lowest BCUT2D eigenvalue weighted by atomic mass is 10.2. The molecule has 2 amide bonds. The van der Waals surface area contributed by atoms with Crippen LogP contribution in [0.15, 0.2) is 47.6 Å². The van der Waals surface area contributed by atoms with Gasteiger partial charge in [0, 0.05) is 16.3 Å². The van der Waals surface area contributed by atoms with E-state index >= 15 is 0 Å². The van der Waals surface area contributed by atoms with Crippen LogP contribution in [0.5, 0.6) is 5.75 Å². The van der Waals surface area contributed by atoms with Gasteiger partial charge in [0.25, 0.3) is 5.91 Å². The van der Waals surface area contributed by atoms with Crippen LogP contribution in [-0.2, 0) is 4.79 Å². The summed E-state index contributed by atoms with van der Waals surface area (Å²) >= 11 is 11.8. The molecule has 6 nitrogen and oxygen atoms in total. The van der Waals surface area contributed by atoms with Gasteiger partial charge in [0.15, 0.2) is 0 Å². The summed E-state index contributed by atoms with van der Waals surface area (Å²) in [6.45, 7) is 1.61. The summed E-state index contributed by atoms with van der Waals surface area (Å²) in [5.74, 6) is -0.710. The van der Waals surface area contributed by atoms with Gasteiger partial charge in [-0.15, -0.1) is 0 Å². The number of amides is 2. The van der Waals surface area contributed by atoms with Gasteiger partial charge in [0.05, 0.1) is 17.1 Å². The number of hydrogen-bond donors (Lipinski definition) is 3. The van der Waals surface area contributed by atoms with Crippen LogP contribution in [0.4, 0.5) is 5.69 Å². The minimum Gasteiger partial charge on any atom is -0.508 e. The highest BCUT2D eigenvalue weighted by Crippen LogP contribution is 2.25. The van der Waals surface area contributed by atoms with Gasteiger partial charge in [-0.3, -0.25) is 9.59 Å². The minimum atomic E-state index is -0.444. The Labute approximate surface area is 154 Å². The van der Waals surface area contributed by atoms with E-state index in [1.165, 1.54) is 30.3 Å². The Balaban J connectivity index is 1.90. The van der Waals surface area contributed by atoms with Gasteiger partial charge >= 0.3 is 0 Å². The van der Waals surface area contributed by atoms with E-state index in [2.05, 4.69) is 15.8 Å². The number of nitrogens with zero attached hydrogens (tertiary/aromatic N) is 1. The summed E-state index contributed by atoms with van der Waals surface area (Å²) in [4.78, 5) is 23.9. The fourth-order valence-corrected chi connectivity index (χ4v) is 2.34. The Bertz CT molecular complexity index is 820. The van der Waals surface area contributed by atoms with Gasteiger partial charge in [-0.1, -0.05) is 23.2 Å². The number of aromatic hydroxyl groups is 1. The minimum absolute atomic E-state index is 0.0190. The van der Waals surface area contributed by atoms with Crippen LogP contribution in [-0.4, -0.2) is 22.6 Å². The molecule has 2 aromatic carbocycles. The quantitative estimate of drug-likeness (QED) is 0.544. The van der Waals surface area contributed by atoms with Gasteiger partial charge in [0.1, 0.15) is 5.75 Å². The Kier molecular flexibility index (Phi) is 6.38. The molecule has 0 aromatic heterocycles. The highest BCUT2D eigenvalue weighted by molar-refractivity contribution is 6.36. The van der Waals surface area contributed by atoms with Crippen molar-refractivity contribution in [2.24, 2.45) is 5.10 Å². The number of rotatable bonds is 5. The van der Waals surface area contributed by atoms with Crippen LogP contribution in [0.1, 0.15) is 23.7 Å². The predicted molar refractivity (Wildman–Crippen MR) is 98.4 cm³/mol. The smallest absolute Gasteiger partial charge is 0.271 e. The van der Waals surface area contributed by atoms with E-state index in [0.717, 1.165) is 0 Å². The van der Waals surface area contributed by atoms with Crippen molar-refractivity contribution in [1.82, 2.24) is 5.43 Å². The molecule has 0 fully saturated rings. The van der Waals surface area contributed by atoms with E-state index in [-0.39, 0.29) is 18.1 Å². The third-order valence-corrected chi connectivity index (χ3v) is 3.65. The largest absolute Gasteiger partial charge is 0.508 e. The maximum atomic E-state index is 12.0. The summed E-state index contributed by atoms with van der Waals surface area (Å²) in [7, 11) is 0. The summed E-state index contributed by atoms with van der Waals surface area (Å²) in [6, 6.07) is 10.5. The van der Waals surface area contributed by atoms with E-state index in [4.69, 9.17) is 23.2 Å². The first-order valence-corrected chi connectivity index (χ1v) is 7.98. The number of carbonyl (C=O) groups excluding carboxylic acids is 2. The Morgan fingerprint density at radius 3 is 2.44 bits per heavy atom. The van der Waals surface area contributed by atoms with Crippen molar-refractivity contribution < 1.29 is 14.7 Å². The molecule has 0 unspecified atom stereocenters. The van der Waals surface area contributed by atoms with Crippen LogP contribution < -0.4 is 10.7 Å². The zero-order valence-corrected chi connectivity index (χ0v) is 14.7. The molecule has 8 heteroatoms. The maximum absolute atomic E-state index is 12.0. The van der Waals surface area contributed by atoms with Gasteiger partial charge in [0.2, 0.25) is 5.91 Å². The summed E-state index contributed by atoms with van der Waals surface area (Å²) in [5, 5.41) is 16.5.